The number of aliphatic hydroxyl groups excluding tert-OH is 2. The molecule has 3 amide bonds. The highest BCUT2D eigenvalue weighted by Gasteiger charge is 2.49. The van der Waals surface area contributed by atoms with E-state index in [1.54, 1.807) is 42.3 Å². The van der Waals surface area contributed by atoms with Gasteiger partial charge in [0.15, 0.2) is 0 Å². The second-order valence-corrected chi connectivity index (χ2v) is 14.9. The molecule has 0 saturated carbocycles. The average Bonchev–Trinajstić information content (AvgIpc) is 3.86. The number of rotatable bonds is 8. The molecule has 13 nitrogen and oxygen atoms in total. The maximum Gasteiger partial charge on any atom is 0.318 e. The second kappa shape index (κ2) is 13.6. The van der Waals surface area contributed by atoms with Crippen molar-refractivity contribution in [1.82, 2.24) is 30.0 Å². The van der Waals surface area contributed by atoms with Gasteiger partial charge in [0, 0.05) is 74.8 Å². The number of carbonyl (C=O) groups excluding carboxylic acids is 2. The van der Waals surface area contributed by atoms with Gasteiger partial charge in [0.25, 0.3) is 5.91 Å². The first-order valence-corrected chi connectivity index (χ1v) is 18.3. The Balaban J connectivity index is 1.08. The highest BCUT2D eigenvalue weighted by Crippen LogP contribution is 2.47. The SMILES string of the molecule is COc1nc(-c2cccc(-c3cccc(Nc4nccc5c4C(=O)N(C)C(O)N5C)c3Cl)c2Cl)cc2c1[C@H](N1CC[C@@]3(CN(CCO)C(=O)N3)C1)CC2. The van der Waals surface area contributed by atoms with Crippen molar-refractivity contribution in [1.29, 1.82) is 0 Å². The van der Waals surface area contributed by atoms with E-state index >= 15 is 0 Å². The number of aromatic nitrogens is 2. The van der Waals surface area contributed by atoms with Crippen molar-refractivity contribution >= 4 is 52.3 Å². The molecule has 3 aliphatic heterocycles. The molecule has 4 N–H and O–H groups in total. The molecule has 1 spiro atoms. The maximum atomic E-state index is 13.2. The number of hydrogen-bond donors (Lipinski definition) is 4. The predicted octanol–water partition coefficient (Wildman–Crippen LogP) is 5.12. The van der Waals surface area contributed by atoms with Gasteiger partial charge in [0.2, 0.25) is 12.2 Å². The molecule has 0 bridgehead atoms. The summed E-state index contributed by atoms with van der Waals surface area (Å²) in [4.78, 5) is 42.2. The third-order valence-electron chi connectivity index (χ3n) is 11.0. The zero-order chi connectivity index (χ0) is 37.2. The minimum Gasteiger partial charge on any atom is -0.481 e. The molecule has 2 aromatic carbocycles. The summed E-state index contributed by atoms with van der Waals surface area (Å²) in [6, 6.07) is 15.1. The number of pyridine rings is 2. The number of ether oxygens (including phenoxy) is 1. The maximum absolute atomic E-state index is 13.2. The molecule has 2 fully saturated rings. The Kier molecular flexibility index (Phi) is 9.10. The number of anilines is 3. The van der Waals surface area contributed by atoms with E-state index in [0.717, 1.165) is 42.5 Å². The number of hydrogen-bond acceptors (Lipinski definition) is 10. The Morgan fingerprint density at radius 3 is 2.57 bits per heavy atom. The van der Waals surface area contributed by atoms with Crippen LogP contribution in [0.2, 0.25) is 10.0 Å². The van der Waals surface area contributed by atoms with Crippen LogP contribution in [0, 0.1) is 0 Å². The summed E-state index contributed by atoms with van der Waals surface area (Å²) in [6.45, 7) is 2.41. The molecule has 4 aliphatic rings. The van der Waals surface area contributed by atoms with Crippen molar-refractivity contribution in [3.63, 3.8) is 0 Å². The largest absolute Gasteiger partial charge is 0.481 e. The van der Waals surface area contributed by atoms with Crippen LogP contribution in [0.1, 0.15) is 40.4 Å². The van der Waals surface area contributed by atoms with E-state index in [1.165, 1.54) is 11.9 Å². The van der Waals surface area contributed by atoms with Crippen LogP contribution in [-0.2, 0) is 6.42 Å². The van der Waals surface area contributed by atoms with Crippen molar-refractivity contribution in [2.45, 2.75) is 37.2 Å². The Bertz CT molecular complexity index is 2140. The number of amides is 3. The summed E-state index contributed by atoms with van der Waals surface area (Å²) in [6.07, 6.45) is 3.06. The Hall–Kier alpha value is -4.66. The fourth-order valence-corrected chi connectivity index (χ4v) is 8.94. The highest BCUT2D eigenvalue weighted by molar-refractivity contribution is 6.39. The first-order chi connectivity index (χ1) is 25.5. The molecule has 276 valence electrons. The van der Waals surface area contributed by atoms with Gasteiger partial charge in [-0.3, -0.25) is 14.6 Å². The van der Waals surface area contributed by atoms with Crippen LogP contribution in [-0.4, -0.2) is 113 Å². The zero-order valence-corrected chi connectivity index (χ0v) is 31.1. The van der Waals surface area contributed by atoms with E-state index in [9.17, 15) is 19.8 Å². The van der Waals surface area contributed by atoms with E-state index in [2.05, 4.69) is 26.6 Å². The number of nitrogens with one attached hydrogen (secondary N) is 2. The standard InChI is InChI=1S/C38H40Cl2N8O5/c1-45-27-12-14-41-33(30(27)35(50)46(2)37(45)52)42-25-9-5-7-23(32(25)40)22-6-4-8-24(31(22)39)26-18-21-10-11-28(29(21)34(43-26)53-3)47-15-13-38(19-47)20-48(16-17-49)36(51)44-38/h4-9,12,14,18,28,37,49,52H,10-11,13,15-17,19-20H2,1-3H3,(H,41,42)(H,44,51)/t28-,37?,38+/m1/s1. The molecule has 2 saturated heterocycles. The minimum atomic E-state index is -1.10. The van der Waals surface area contributed by atoms with Crippen LogP contribution in [0.15, 0.2) is 54.7 Å². The first-order valence-electron chi connectivity index (χ1n) is 17.6. The van der Waals surface area contributed by atoms with Gasteiger partial charge < -0.3 is 35.4 Å². The number of β-amino-alcohol motifs (C(OH)–C–C–N with tert-alkyl or cyclic N) is 1. The molecule has 4 aromatic rings. The van der Waals surface area contributed by atoms with Gasteiger partial charge in [-0.2, -0.15) is 0 Å². The van der Waals surface area contributed by atoms with Crippen molar-refractivity contribution in [2.24, 2.45) is 0 Å². The number of benzene rings is 2. The van der Waals surface area contributed by atoms with Crippen LogP contribution in [0.4, 0.5) is 22.0 Å². The minimum absolute atomic E-state index is 0.0576. The summed E-state index contributed by atoms with van der Waals surface area (Å²) in [5, 5.41) is 27.2. The summed E-state index contributed by atoms with van der Waals surface area (Å²) in [5.74, 6) is 0.497. The van der Waals surface area contributed by atoms with E-state index < -0.39 is 6.35 Å². The van der Waals surface area contributed by atoms with Crippen LogP contribution < -0.4 is 20.3 Å². The Morgan fingerprint density at radius 2 is 1.79 bits per heavy atom. The lowest BCUT2D eigenvalue weighted by Crippen LogP contribution is -2.52. The number of nitrogens with zero attached hydrogens (tertiary/aromatic N) is 6. The lowest BCUT2D eigenvalue weighted by Gasteiger charge is -2.38. The van der Waals surface area contributed by atoms with Crippen LogP contribution in [0.3, 0.4) is 0 Å². The monoisotopic (exact) mass is 758 g/mol. The highest BCUT2D eigenvalue weighted by atomic mass is 35.5. The number of methoxy groups -OCH3 is 1. The topological polar surface area (TPSA) is 147 Å². The van der Waals surface area contributed by atoms with E-state index in [0.29, 0.717) is 75.1 Å². The van der Waals surface area contributed by atoms with Crippen molar-refractivity contribution in [3.05, 3.63) is 81.5 Å². The van der Waals surface area contributed by atoms with Gasteiger partial charge in [-0.05, 0) is 43.0 Å². The summed E-state index contributed by atoms with van der Waals surface area (Å²) in [5.41, 5.74) is 6.09. The van der Waals surface area contributed by atoms with E-state index in [-0.39, 0.29) is 30.1 Å². The first kappa shape index (κ1) is 35.4. The van der Waals surface area contributed by atoms with Gasteiger partial charge in [-0.25, -0.2) is 14.8 Å². The quantitative estimate of drug-likeness (QED) is 0.191. The Morgan fingerprint density at radius 1 is 1.04 bits per heavy atom. The zero-order valence-electron chi connectivity index (χ0n) is 29.6. The predicted molar refractivity (Wildman–Crippen MR) is 203 cm³/mol. The van der Waals surface area contributed by atoms with Gasteiger partial charge in [0.1, 0.15) is 11.4 Å². The van der Waals surface area contributed by atoms with Crippen LogP contribution in [0.25, 0.3) is 22.4 Å². The fourth-order valence-electron chi connectivity index (χ4n) is 8.34. The number of aliphatic hydroxyl groups is 2. The molecule has 15 heteroatoms. The molecular weight excluding hydrogens is 719 g/mol. The molecule has 0 radical (unpaired) electrons. The van der Waals surface area contributed by atoms with Gasteiger partial charge in [0.05, 0.1) is 46.4 Å². The molecular formula is C38H40Cl2N8O5. The molecule has 2 aromatic heterocycles. The number of carbonyl (C=O) groups is 2. The van der Waals surface area contributed by atoms with E-state index in [4.69, 9.17) is 32.9 Å². The van der Waals surface area contributed by atoms with Crippen LogP contribution in [0.5, 0.6) is 5.88 Å². The molecule has 3 atom stereocenters. The number of urea groups is 1. The molecule has 8 rings (SSSR count). The third-order valence-corrected chi connectivity index (χ3v) is 11.8. The molecule has 53 heavy (non-hydrogen) atoms. The van der Waals surface area contributed by atoms with Crippen molar-refractivity contribution < 1.29 is 24.5 Å². The van der Waals surface area contributed by atoms with Crippen molar-refractivity contribution in [2.75, 3.05) is 64.2 Å². The lowest BCUT2D eigenvalue weighted by molar-refractivity contribution is 0.0166. The smallest absolute Gasteiger partial charge is 0.318 e. The number of fused-ring (bicyclic) bond motifs is 2. The summed E-state index contributed by atoms with van der Waals surface area (Å²) >= 11 is 14.3. The lowest BCUT2D eigenvalue weighted by atomic mass is 9.99. The second-order valence-electron chi connectivity index (χ2n) is 14.1. The average molecular weight is 760 g/mol. The molecule has 1 aliphatic carbocycles. The number of aryl methyl sites for hydroxylation is 1. The summed E-state index contributed by atoms with van der Waals surface area (Å²) in [7, 11) is 4.87. The third kappa shape index (κ3) is 5.91. The molecule has 5 heterocycles. The van der Waals surface area contributed by atoms with Gasteiger partial charge in [-0.1, -0.05) is 53.5 Å². The number of halogens is 2. The van der Waals surface area contributed by atoms with Gasteiger partial charge >= 0.3 is 6.03 Å². The van der Waals surface area contributed by atoms with Crippen LogP contribution >= 0.6 is 23.2 Å². The van der Waals surface area contributed by atoms with E-state index in [1.807, 2.05) is 30.3 Å². The van der Waals surface area contributed by atoms with Gasteiger partial charge in [-0.15, -0.1) is 0 Å². The van der Waals surface area contributed by atoms with Crippen molar-refractivity contribution in [3.8, 4) is 28.3 Å². The molecule has 1 unspecified atom stereocenters. The fraction of sp³-hybridized carbons (Fsp3) is 0.368. The normalized spacial score (nSPS) is 22.4. The number of likely N-dealkylation sites (tertiary alicyclic amines) is 1. The Labute approximate surface area is 317 Å². The summed E-state index contributed by atoms with van der Waals surface area (Å²) < 4.78 is 5.94.